The first-order chi connectivity index (χ1) is 7.70. The van der Waals surface area contributed by atoms with Crippen LogP contribution in [0, 0.1) is 0 Å². The molecule has 0 saturated heterocycles. The summed E-state index contributed by atoms with van der Waals surface area (Å²) in [5.41, 5.74) is 0. The number of halogens is 3. The summed E-state index contributed by atoms with van der Waals surface area (Å²) in [7, 11) is 0. The Kier molecular flexibility index (Phi) is 5.72. The number of carboxylic acid groups (broad SMARTS) is 1. The highest BCUT2D eigenvalue weighted by atomic mass is 19.4. The molecule has 3 N–H and O–H groups in total. The first kappa shape index (κ1) is 14.9. The van der Waals surface area contributed by atoms with E-state index in [-0.39, 0.29) is 0 Å². The number of nitrogens with one attached hydrogen (secondary N) is 2. The summed E-state index contributed by atoms with van der Waals surface area (Å²) in [6, 6.07) is -1.13. The zero-order valence-electron chi connectivity index (χ0n) is 8.37. The van der Waals surface area contributed by atoms with Gasteiger partial charge in [0.2, 0.25) is 0 Å². The molecule has 0 rings (SSSR count). The Labute approximate surface area is 93.5 Å². The molecular formula is C8H9F3N2O4. The minimum Gasteiger partial charge on any atom is -0.478 e. The number of carboxylic acids is 1. The van der Waals surface area contributed by atoms with E-state index in [1.807, 2.05) is 0 Å². The lowest BCUT2D eigenvalue weighted by molar-refractivity contribution is -0.133. The first-order valence-corrected chi connectivity index (χ1v) is 4.27. The number of aliphatic carboxylic acids is 1. The Morgan fingerprint density at radius 1 is 1.18 bits per heavy atom. The molecule has 0 atom stereocenters. The third-order valence-electron chi connectivity index (χ3n) is 1.31. The van der Waals surface area contributed by atoms with Crippen molar-refractivity contribution >= 4 is 17.9 Å². The Morgan fingerprint density at radius 3 is 2.24 bits per heavy atom. The molecule has 9 heteroatoms. The predicted molar refractivity (Wildman–Crippen MR) is 49.0 cm³/mol. The van der Waals surface area contributed by atoms with Gasteiger partial charge in [0.1, 0.15) is 0 Å². The lowest BCUT2D eigenvalue weighted by Crippen LogP contribution is -2.40. The van der Waals surface area contributed by atoms with Gasteiger partial charge >= 0.3 is 18.2 Å². The van der Waals surface area contributed by atoms with Gasteiger partial charge in [-0.15, -0.1) is 0 Å². The van der Waals surface area contributed by atoms with Crippen molar-refractivity contribution in [2.24, 2.45) is 0 Å². The summed E-state index contributed by atoms with van der Waals surface area (Å²) in [6.07, 6.45) is -4.58. The van der Waals surface area contributed by atoms with Crippen molar-refractivity contribution in [2.45, 2.75) is 12.6 Å². The van der Waals surface area contributed by atoms with Crippen LogP contribution in [0.5, 0.6) is 0 Å². The lowest BCUT2D eigenvalue weighted by atomic mass is 10.4. The molecule has 3 amide bonds. The average Bonchev–Trinajstić information content (AvgIpc) is 2.12. The van der Waals surface area contributed by atoms with E-state index in [0.29, 0.717) is 12.2 Å². The van der Waals surface area contributed by atoms with E-state index >= 15 is 0 Å². The van der Waals surface area contributed by atoms with E-state index < -0.39 is 37.0 Å². The number of amides is 3. The second-order valence-corrected chi connectivity index (χ2v) is 2.78. The maximum Gasteiger partial charge on any atom is 0.390 e. The van der Waals surface area contributed by atoms with Crippen LogP contribution < -0.4 is 10.6 Å². The SMILES string of the molecule is O=C(O)C=CC(=O)NC(=O)NCCC(F)(F)F. The maximum absolute atomic E-state index is 11.7. The van der Waals surface area contributed by atoms with Crippen molar-refractivity contribution in [1.29, 1.82) is 0 Å². The van der Waals surface area contributed by atoms with Crippen molar-refractivity contribution in [3.05, 3.63) is 12.2 Å². The third-order valence-corrected chi connectivity index (χ3v) is 1.31. The quantitative estimate of drug-likeness (QED) is 0.633. The molecule has 6 nitrogen and oxygen atoms in total. The first-order valence-electron chi connectivity index (χ1n) is 4.27. The van der Waals surface area contributed by atoms with E-state index in [0.717, 1.165) is 0 Å². The normalized spacial score (nSPS) is 11.2. The minimum atomic E-state index is -4.40. The fourth-order valence-electron chi connectivity index (χ4n) is 0.663. The summed E-state index contributed by atoms with van der Waals surface area (Å²) in [6.45, 7) is -0.675. The van der Waals surface area contributed by atoms with Crippen LogP contribution in [0.2, 0.25) is 0 Å². The summed E-state index contributed by atoms with van der Waals surface area (Å²) >= 11 is 0. The van der Waals surface area contributed by atoms with Crippen molar-refractivity contribution in [3.8, 4) is 0 Å². The van der Waals surface area contributed by atoms with Crippen molar-refractivity contribution < 1.29 is 32.7 Å². The second-order valence-electron chi connectivity index (χ2n) is 2.78. The van der Waals surface area contributed by atoms with E-state index in [2.05, 4.69) is 0 Å². The van der Waals surface area contributed by atoms with Gasteiger partial charge in [0, 0.05) is 18.7 Å². The molecule has 0 heterocycles. The van der Waals surface area contributed by atoms with Crippen LogP contribution in [0.4, 0.5) is 18.0 Å². The molecule has 0 unspecified atom stereocenters. The lowest BCUT2D eigenvalue weighted by Gasteiger charge is -2.07. The molecule has 0 saturated carbocycles. The zero-order valence-corrected chi connectivity index (χ0v) is 8.37. The Morgan fingerprint density at radius 2 is 1.76 bits per heavy atom. The summed E-state index contributed by atoms with van der Waals surface area (Å²) in [5, 5.41) is 11.5. The van der Waals surface area contributed by atoms with E-state index in [9.17, 15) is 27.6 Å². The van der Waals surface area contributed by atoms with E-state index in [1.165, 1.54) is 0 Å². The number of carbonyl (C=O) groups excluding carboxylic acids is 2. The number of hydrogen-bond donors (Lipinski definition) is 3. The third kappa shape index (κ3) is 10.2. The molecule has 0 aromatic heterocycles. The topological polar surface area (TPSA) is 95.5 Å². The molecule has 0 bridgehead atoms. The summed E-state index contributed by atoms with van der Waals surface area (Å²) < 4.78 is 35.0. The molecule has 96 valence electrons. The number of carbonyl (C=O) groups is 3. The molecule has 0 aromatic carbocycles. The highest BCUT2D eigenvalue weighted by Crippen LogP contribution is 2.17. The fraction of sp³-hybridized carbons (Fsp3) is 0.375. The molecule has 0 radical (unpaired) electrons. The van der Waals surface area contributed by atoms with Crippen LogP contribution in [0.15, 0.2) is 12.2 Å². The molecule has 17 heavy (non-hydrogen) atoms. The number of rotatable bonds is 4. The van der Waals surface area contributed by atoms with E-state index in [1.54, 1.807) is 10.6 Å². The molecule has 0 spiro atoms. The van der Waals surface area contributed by atoms with E-state index in [4.69, 9.17) is 5.11 Å². The van der Waals surface area contributed by atoms with Gasteiger partial charge in [0.15, 0.2) is 0 Å². The van der Waals surface area contributed by atoms with Crippen molar-refractivity contribution in [1.82, 2.24) is 10.6 Å². The van der Waals surface area contributed by atoms with Gasteiger partial charge in [0.25, 0.3) is 5.91 Å². The summed E-state index contributed by atoms with van der Waals surface area (Å²) in [5.74, 6) is -2.44. The number of urea groups is 1. The largest absolute Gasteiger partial charge is 0.478 e. The Balaban J connectivity index is 3.87. The standard InChI is InChI=1S/C8H9F3N2O4/c9-8(10,11)3-4-12-7(17)13-5(14)1-2-6(15)16/h1-2H,3-4H2,(H,15,16)(H2,12,13,14,17). The van der Waals surface area contributed by atoms with Crippen molar-refractivity contribution in [3.63, 3.8) is 0 Å². The Bertz CT molecular complexity index is 338. The van der Waals surface area contributed by atoms with Crippen LogP contribution in [-0.4, -0.2) is 35.7 Å². The minimum absolute atomic E-state index is 0.484. The van der Waals surface area contributed by atoms with Gasteiger partial charge in [0.05, 0.1) is 6.42 Å². The highest BCUT2D eigenvalue weighted by molar-refractivity contribution is 6.02. The molecular weight excluding hydrogens is 245 g/mol. The molecule has 0 aliphatic carbocycles. The second kappa shape index (κ2) is 6.51. The number of alkyl halides is 3. The van der Waals surface area contributed by atoms with Gasteiger partial charge in [-0.1, -0.05) is 0 Å². The monoisotopic (exact) mass is 254 g/mol. The van der Waals surface area contributed by atoms with Crippen LogP contribution in [0.3, 0.4) is 0 Å². The van der Waals surface area contributed by atoms with Crippen LogP contribution in [0.25, 0.3) is 0 Å². The van der Waals surface area contributed by atoms with Crippen LogP contribution in [-0.2, 0) is 9.59 Å². The van der Waals surface area contributed by atoms with Crippen LogP contribution >= 0.6 is 0 Å². The molecule has 0 aromatic rings. The average molecular weight is 254 g/mol. The zero-order chi connectivity index (χ0) is 13.5. The number of imide groups is 1. The molecule has 0 aliphatic rings. The number of hydrogen-bond acceptors (Lipinski definition) is 3. The predicted octanol–water partition coefficient (Wildman–Crippen LogP) is 0.405. The summed E-state index contributed by atoms with van der Waals surface area (Å²) in [4.78, 5) is 31.5. The smallest absolute Gasteiger partial charge is 0.390 e. The molecule has 0 aliphatic heterocycles. The van der Waals surface area contributed by atoms with Crippen LogP contribution in [0.1, 0.15) is 6.42 Å². The van der Waals surface area contributed by atoms with Gasteiger partial charge < -0.3 is 10.4 Å². The fourth-order valence-corrected chi connectivity index (χ4v) is 0.663. The molecule has 0 fully saturated rings. The highest BCUT2D eigenvalue weighted by Gasteiger charge is 2.26. The Hall–Kier alpha value is -2.06. The van der Waals surface area contributed by atoms with Gasteiger partial charge in [-0.3, -0.25) is 10.1 Å². The maximum atomic E-state index is 11.7. The van der Waals surface area contributed by atoms with Crippen molar-refractivity contribution in [2.75, 3.05) is 6.54 Å². The van der Waals surface area contributed by atoms with Gasteiger partial charge in [-0.25, -0.2) is 9.59 Å². The van der Waals surface area contributed by atoms with Gasteiger partial charge in [-0.2, -0.15) is 13.2 Å². The van der Waals surface area contributed by atoms with Gasteiger partial charge in [-0.05, 0) is 0 Å².